The summed E-state index contributed by atoms with van der Waals surface area (Å²) in [5.74, 6) is 1.65. The highest BCUT2D eigenvalue weighted by atomic mass is 79.9. The van der Waals surface area contributed by atoms with E-state index in [0.717, 1.165) is 11.5 Å². The van der Waals surface area contributed by atoms with Gasteiger partial charge in [-0.25, -0.2) is 0 Å². The van der Waals surface area contributed by atoms with E-state index in [4.69, 9.17) is 14.2 Å². The predicted octanol–water partition coefficient (Wildman–Crippen LogP) is 2.04. The molecule has 3 rings (SSSR count). The summed E-state index contributed by atoms with van der Waals surface area (Å²) in [6.45, 7) is 1.75. The van der Waals surface area contributed by atoms with Crippen molar-refractivity contribution in [3.8, 4) is 11.5 Å². The van der Waals surface area contributed by atoms with Gasteiger partial charge < -0.3 is 14.2 Å². The molecule has 1 aromatic carbocycles. The molecule has 1 saturated heterocycles. The highest BCUT2D eigenvalue weighted by molar-refractivity contribution is 9.09. The molecule has 0 aliphatic carbocycles. The van der Waals surface area contributed by atoms with Crippen LogP contribution in [0, 0.1) is 0 Å². The minimum atomic E-state index is -0.0199. The first-order chi connectivity index (χ1) is 6.78. The molecule has 0 N–H and O–H groups in total. The third-order valence-electron chi connectivity index (χ3n) is 2.55. The van der Waals surface area contributed by atoms with Crippen LogP contribution in [0.5, 0.6) is 11.5 Å². The number of halogens is 1. The number of rotatable bonds is 1. The lowest BCUT2D eigenvalue weighted by molar-refractivity contribution is -0.00703. The lowest BCUT2D eigenvalue weighted by Gasteiger charge is -2.36. The molecule has 0 unspecified atom stereocenters. The third kappa shape index (κ3) is 1.14. The van der Waals surface area contributed by atoms with E-state index in [1.54, 1.807) is 0 Å². The van der Waals surface area contributed by atoms with Crippen molar-refractivity contribution in [2.75, 3.05) is 20.0 Å². The van der Waals surface area contributed by atoms with Gasteiger partial charge in [0.05, 0.1) is 17.5 Å². The van der Waals surface area contributed by atoms with Crippen LogP contribution in [-0.4, -0.2) is 20.0 Å². The Morgan fingerprint density at radius 2 is 1.93 bits per heavy atom. The Balaban J connectivity index is 2.00. The molecule has 0 aromatic heterocycles. The lowest BCUT2D eigenvalue weighted by Crippen LogP contribution is -2.40. The second-order valence-corrected chi connectivity index (χ2v) is 5.04. The molecule has 0 saturated carbocycles. The Morgan fingerprint density at radius 1 is 1.14 bits per heavy atom. The summed E-state index contributed by atoms with van der Waals surface area (Å²) >= 11 is 3.66. The smallest absolute Gasteiger partial charge is 0.231 e. The van der Waals surface area contributed by atoms with Gasteiger partial charge in [0, 0.05) is 0 Å². The lowest BCUT2D eigenvalue weighted by atomic mass is 9.97. The van der Waals surface area contributed by atoms with E-state index in [9.17, 15) is 0 Å². The molecular formula is C10H9BrO3. The van der Waals surface area contributed by atoms with Crippen LogP contribution in [0.15, 0.2) is 18.2 Å². The molecule has 1 aromatic rings. The summed E-state index contributed by atoms with van der Waals surface area (Å²) in [5, 5.41) is 0. The van der Waals surface area contributed by atoms with E-state index in [2.05, 4.69) is 15.9 Å². The van der Waals surface area contributed by atoms with Gasteiger partial charge in [-0.3, -0.25) is 0 Å². The first kappa shape index (κ1) is 8.56. The summed E-state index contributed by atoms with van der Waals surface area (Å²) in [6.07, 6.45) is 0. The van der Waals surface area contributed by atoms with Crippen molar-refractivity contribution in [1.29, 1.82) is 0 Å². The van der Waals surface area contributed by atoms with Gasteiger partial charge in [0.25, 0.3) is 0 Å². The van der Waals surface area contributed by atoms with Crippen LogP contribution in [0.3, 0.4) is 0 Å². The zero-order valence-corrected chi connectivity index (χ0v) is 9.04. The number of fused-ring (bicyclic) bond motifs is 1. The van der Waals surface area contributed by atoms with E-state index in [0.29, 0.717) is 20.0 Å². The fourth-order valence-electron chi connectivity index (χ4n) is 1.62. The predicted molar refractivity (Wildman–Crippen MR) is 54.0 cm³/mol. The Kier molecular flexibility index (Phi) is 1.76. The van der Waals surface area contributed by atoms with Crippen LogP contribution in [0.25, 0.3) is 0 Å². The maximum absolute atomic E-state index is 5.32. The van der Waals surface area contributed by atoms with Gasteiger partial charge in [0.1, 0.15) is 0 Å². The average Bonchev–Trinajstić information content (AvgIpc) is 2.60. The Hall–Kier alpha value is -0.740. The zero-order valence-electron chi connectivity index (χ0n) is 7.46. The van der Waals surface area contributed by atoms with E-state index < -0.39 is 0 Å². The maximum Gasteiger partial charge on any atom is 0.231 e. The monoisotopic (exact) mass is 256 g/mol. The Labute approximate surface area is 90.1 Å². The van der Waals surface area contributed by atoms with E-state index in [1.807, 2.05) is 18.2 Å². The number of alkyl halides is 1. The van der Waals surface area contributed by atoms with Crippen LogP contribution >= 0.6 is 15.9 Å². The van der Waals surface area contributed by atoms with E-state index in [-0.39, 0.29) is 4.32 Å². The van der Waals surface area contributed by atoms with Gasteiger partial charge in [-0.2, -0.15) is 0 Å². The van der Waals surface area contributed by atoms with Crippen LogP contribution in [0.1, 0.15) is 5.56 Å². The molecule has 0 spiro atoms. The summed E-state index contributed by atoms with van der Waals surface area (Å²) in [4.78, 5) is 0. The molecule has 0 amide bonds. The second kappa shape index (κ2) is 2.87. The normalized spacial score (nSPS) is 21.8. The van der Waals surface area contributed by atoms with Gasteiger partial charge in [-0.1, -0.05) is 22.0 Å². The molecule has 3 nitrogen and oxygen atoms in total. The number of hydrogen-bond donors (Lipinski definition) is 0. The molecule has 2 heterocycles. The van der Waals surface area contributed by atoms with Crippen molar-refractivity contribution >= 4 is 15.9 Å². The van der Waals surface area contributed by atoms with Crippen molar-refractivity contribution in [3.63, 3.8) is 0 Å². The van der Waals surface area contributed by atoms with Crippen molar-refractivity contribution < 1.29 is 14.2 Å². The fourth-order valence-corrected chi connectivity index (χ4v) is 2.19. The van der Waals surface area contributed by atoms with Crippen LogP contribution in [0.2, 0.25) is 0 Å². The summed E-state index contributed by atoms with van der Waals surface area (Å²) < 4.78 is 15.7. The van der Waals surface area contributed by atoms with Gasteiger partial charge >= 0.3 is 0 Å². The zero-order chi connectivity index (χ0) is 9.60. The molecule has 0 atom stereocenters. The molecule has 74 valence electrons. The quantitative estimate of drug-likeness (QED) is 0.720. The van der Waals surface area contributed by atoms with Crippen molar-refractivity contribution in [3.05, 3.63) is 23.8 Å². The van der Waals surface area contributed by atoms with Crippen LogP contribution < -0.4 is 9.47 Å². The summed E-state index contributed by atoms with van der Waals surface area (Å²) in [6, 6.07) is 6.00. The van der Waals surface area contributed by atoms with E-state index >= 15 is 0 Å². The van der Waals surface area contributed by atoms with Crippen molar-refractivity contribution in [2.24, 2.45) is 0 Å². The summed E-state index contributed by atoms with van der Waals surface area (Å²) in [7, 11) is 0. The molecule has 2 aliphatic heterocycles. The van der Waals surface area contributed by atoms with E-state index in [1.165, 1.54) is 5.56 Å². The van der Waals surface area contributed by atoms with Gasteiger partial charge in [-0.05, 0) is 17.7 Å². The summed E-state index contributed by atoms with van der Waals surface area (Å²) in [5.41, 5.74) is 1.19. The minimum absolute atomic E-state index is 0.0199. The first-order valence-electron chi connectivity index (χ1n) is 4.45. The standard InChI is InChI=1S/C10H9BrO3/c11-10(4-12-5-10)7-1-2-8-9(3-7)14-6-13-8/h1-3H,4-6H2. The molecule has 4 heteroatoms. The molecule has 1 fully saturated rings. The SMILES string of the molecule is BrC1(c2ccc3c(c2)OCO3)COC1. The number of ether oxygens (including phenoxy) is 3. The Bertz CT molecular complexity index is 374. The van der Waals surface area contributed by atoms with Crippen molar-refractivity contribution in [1.82, 2.24) is 0 Å². The van der Waals surface area contributed by atoms with Gasteiger partial charge in [0.2, 0.25) is 6.79 Å². The molecular weight excluding hydrogens is 248 g/mol. The highest BCUT2D eigenvalue weighted by Crippen LogP contribution is 2.42. The number of hydrogen-bond acceptors (Lipinski definition) is 3. The molecule has 0 bridgehead atoms. The maximum atomic E-state index is 5.32. The first-order valence-corrected chi connectivity index (χ1v) is 5.24. The molecule has 2 aliphatic rings. The fraction of sp³-hybridized carbons (Fsp3) is 0.400. The molecule has 14 heavy (non-hydrogen) atoms. The Morgan fingerprint density at radius 3 is 2.64 bits per heavy atom. The molecule has 0 radical (unpaired) electrons. The van der Waals surface area contributed by atoms with Crippen LogP contribution in [-0.2, 0) is 9.06 Å². The minimum Gasteiger partial charge on any atom is -0.454 e. The number of benzene rings is 1. The highest BCUT2D eigenvalue weighted by Gasteiger charge is 2.38. The third-order valence-corrected chi connectivity index (χ3v) is 3.47. The average molecular weight is 257 g/mol. The topological polar surface area (TPSA) is 27.7 Å². The van der Waals surface area contributed by atoms with Gasteiger partial charge in [-0.15, -0.1) is 0 Å². The van der Waals surface area contributed by atoms with Gasteiger partial charge in [0.15, 0.2) is 11.5 Å². The van der Waals surface area contributed by atoms with Crippen molar-refractivity contribution in [2.45, 2.75) is 4.32 Å². The van der Waals surface area contributed by atoms with Crippen LogP contribution in [0.4, 0.5) is 0 Å². The largest absolute Gasteiger partial charge is 0.454 e. The second-order valence-electron chi connectivity index (χ2n) is 3.53.